The zero-order valence-corrected chi connectivity index (χ0v) is 5.69. The van der Waals surface area contributed by atoms with Crippen molar-refractivity contribution in [2.24, 2.45) is 5.92 Å². The Morgan fingerprint density at radius 2 is 2.00 bits per heavy atom. The van der Waals surface area contributed by atoms with Gasteiger partial charge in [-0.05, 0) is 12.3 Å². The Morgan fingerprint density at radius 3 is 2.00 bits per heavy atom. The van der Waals surface area contributed by atoms with Gasteiger partial charge < -0.3 is 10.5 Å². The van der Waals surface area contributed by atoms with Crippen molar-refractivity contribution in [3.63, 3.8) is 0 Å². The molecule has 3 heteroatoms. The van der Waals surface area contributed by atoms with Gasteiger partial charge in [-0.25, -0.2) is 0 Å². The molecule has 2 nitrogen and oxygen atoms in total. The molecular formula is C5H10LiNO. The fourth-order valence-corrected chi connectivity index (χ4v) is 0.371. The van der Waals surface area contributed by atoms with Gasteiger partial charge in [-0.2, -0.15) is 0 Å². The van der Waals surface area contributed by atoms with Gasteiger partial charge in [0.2, 0.25) is 0 Å². The van der Waals surface area contributed by atoms with Gasteiger partial charge >= 0.3 is 18.9 Å². The summed E-state index contributed by atoms with van der Waals surface area (Å²) in [6, 6.07) is 0. The molecule has 0 heterocycles. The third-order valence-electron chi connectivity index (χ3n) is 0.594. The van der Waals surface area contributed by atoms with Crippen LogP contribution in [0.25, 0.3) is 5.73 Å². The van der Waals surface area contributed by atoms with Crippen LogP contribution in [0, 0.1) is 5.92 Å². The van der Waals surface area contributed by atoms with Crippen LogP contribution in [0.1, 0.15) is 20.3 Å². The first-order valence-corrected chi connectivity index (χ1v) is 2.37. The maximum absolute atomic E-state index is 9.92. The SMILES string of the molecule is CC(C)CC([NH-])=O.[Li+]. The number of hydrogen-bond acceptors (Lipinski definition) is 1. The summed E-state index contributed by atoms with van der Waals surface area (Å²) in [5.74, 6) is -0.125. The topological polar surface area (TPSA) is 40.9 Å². The second-order valence-corrected chi connectivity index (χ2v) is 2.02. The summed E-state index contributed by atoms with van der Waals surface area (Å²) >= 11 is 0. The van der Waals surface area contributed by atoms with Gasteiger partial charge in [0.25, 0.3) is 0 Å². The second-order valence-electron chi connectivity index (χ2n) is 2.02. The Hall–Kier alpha value is 0.0674. The number of nitrogens with one attached hydrogen (secondary N) is 1. The molecule has 0 radical (unpaired) electrons. The molecule has 0 spiro atoms. The minimum atomic E-state index is -0.463. The zero-order chi connectivity index (χ0) is 5.86. The van der Waals surface area contributed by atoms with Crippen LogP contribution < -0.4 is 18.9 Å². The van der Waals surface area contributed by atoms with Crippen LogP contribution in [0.4, 0.5) is 0 Å². The average Bonchev–Trinajstić information content (AvgIpc) is 1.27. The van der Waals surface area contributed by atoms with Crippen molar-refractivity contribution in [1.82, 2.24) is 0 Å². The smallest absolute Gasteiger partial charge is 0.668 e. The van der Waals surface area contributed by atoms with E-state index >= 15 is 0 Å². The molecule has 0 aliphatic rings. The predicted molar refractivity (Wildman–Crippen MR) is 28.8 cm³/mol. The molecule has 0 saturated heterocycles. The standard InChI is InChI=1S/C5H11NO.Li/c1-4(2)3-5(6)7;/h4H,3H2,1-2H3,(H2,6,7);/q;+1/p-1. The molecule has 0 aliphatic heterocycles. The van der Waals surface area contributed by atoms with Gasteiger partial charge in [-0.15, -0.1) is 0 Å². The monoisotopic (exact) mass is 107 g/mol. The van der Waals surface area contributed by atoms with Crippen molar-refractivity contribution in [3.05, 3.63) is 5.73 Å². The van der Waals surface area contributed by atoms with Crippen molar-refractivity contribution in [3.8, 4) is 0 Å². The van der Waals surface area contributed by atoms with Gasteiger partial charge in [0.1, 0.15) is 0 Å². The number of carbonyl (C=O) groups excluding carboxylic acids is 1. The van der Waals surface area contributed by atoms with E-state index < -0.39 is 5.91 Å². The van der Waals surface area contributed by atoms with Crippen LogP contribution in [-0.4, -0.2) is 5.91 Å². The maximum Gasteiger partial charge on any atom is 1.00 e. The van der Waals surface area contributed by atoms with Gasteiger partial charge in [0, 0.05) is 5.91 Å². The van der Waals surface area contributed by atoms with Crippen molar-refractivity contribution < 1.29 is 23.7 Å². The number of rotatable bonds is 2. The third kappa shape index (κ3) is 9.42. The summed E-state index contributed by atoms with van der Waals surface area (Å²) < 4.78 is 0. The Balaban J connectivity index is 0. The van der Waals surface area contributed by atoms with E-state index in [9.17, 15) is 4.79 Å². The normalized spacial score (nSPS) is 8.38. The fourth-order valence-electron chi connectivity index (χ4n) is 0.371. The molecule has 8 heavy (non-hydrogen) atoms. The van der Waals surface area contributed by atoms with Crippen molar-refractivity contribution in [2.75, 3.05) is 0 Å². The summed E-state index contributed by atoms with van der Waals surface area (Å²) in [6.07, 6.45) is 0.389. The van der Waals surface area contributed by atoms with Crippen LogP contribution >= 0.6 is 0 Å². The summed E-state index contributed by atoms with van der Waals surface area (Å²) in [6.45, 7) is 3.85. The Bertz CT molecular complexity index is 72.8. The first-order valence-electron chi connectivity index (χ1n) is 2.37. The van der Waals surface area contributed by atoms with E-state index in [1.54, 1.807) is 0 Å². The van der Waals surface area contributed by atoms with Gasteiger partial charge in [0.15, 0.2) is 0 Å². The van der Waals surface area contributed by atoms with Crippen LogP contribution in [0.5, 0.6) is 0 Å². The number of carbonyl (C=O) groups is 1. The Morgan fingerprint density at radius 1 is 1.62 bits per heavy atom. The molecule has 1 N–H and O–H groups in total. The fraction of sp³-hybridized carbons (Fsp3) is 0.800. The van der Waals surface area contributed by atoms with Crippen LogP contribution in [0.2, 0.25) is 0 Å². The zero-order valence-electron chi connectivity index (χ0n) is 5.69. The van der Waals surface area contributed by atoms with Crippen molar-refractivity contribution in [1.29, 1.82) is 0 Å². The van der Waals surface area contributed by atoms with Gasteiger partial charge in [-0.3, -0.25) is 0 Å². The first kappa shape index (κ1) is 10.9. The average molecular weight is 107 g/mol. The van der Waals surface area contributed by atoms with E-state index in [0.717, 1.165) is 0 Å². The van der Waals surface area contributed by atoms with E-state index in [0.29, 0.717) is 12.3 Å². The van der Waals surface area contributed by atoms with Gasteiger partial charge in [0.05, 0.1) is 0 Å². The molecule has 0 atom stereocenters. The van der Waals surface area contributed by atoms with Crippen LogP contribution in [0.15, 0.2) is 0 Å². The van der Waals surface area contributed by atoms with E-state index in [4.69, 9.17) is 5.73 Å². The molecule has 0 aromatic carbocycles. The summed E-state index contributed by atoms with van der Waals surface area (Å²) in [5.41, 5.74) is 6.47. The predicted octanol–water partition coefficient (Wildman–Crippen LogP) is -1.38. The molecule has 0 fully saturated rings. The number of hydrogen-bond donors (Lipinski definition) is 0. The Labute approximate surface area is 62.0 Å². The van der Waals surface area contributed by atoms with Crippen molar-refractivity contribution >= 4 is 5.91 Å². The largest absolute Gasteiger partial charge is 1.00 e. The molecule has 42 valence electrons. The van der Waals surface area contributed by atoms with E-state index in [2.05, 4.69) is 0 Å². The number of amides is 1. The van der Waals surface area contributed by atoms with E-state index in [-0.39, 0.29) is 18.9 Å². The minimum Gasteiger partial charge on any atom is -0.668 e. The summed E-state index contributed by atoms with van der Waals surface area (Å²) in [5, 5.41) is 0. The van der Waals surface area contributed by atoms with Crippen molar-refractivity contribution in [2.45, 2.75) is 20.3 Å². The second kappa shape index (κ2) is 5.21. The molecule has 0 unspecified atom stereocenters. The maximum atomic E-state index is 9.92. The molecule has 1 amide bonds. The molecule has 0 bridgehead atoms. The Kier molecular flexibility index (Phi) is 7.13. The third-order valence-corrected chi connectivity index (χ3v) is 0.594. The quantitative estimate of drug-likeness (QED) is 0.401. The summed E-state index contributed by atoms with van der Waals surface area (Å²) in [7, 11) is 0. The van der Waals surface area contributed by atoms with Gasteiger partial charge in [-0.1, -0.05) is 13.8 Å². The first-order chi connectivity index (χ1) is 3.13. The molecular weight excluding hydrogens is 97.0 g/mol. The van der Waals surface area contributed by atoms with Crippen LogP contribution in [0.3, 0.4) is 0 Å². The van der Waals surface area contributed by atoms with E-state index in [1.807, 2.05) is 13.8 Å². The summed E-state index contributed by atoms with van der Waals surface area (Å²) in [4.78, 5) is 9.92. The minimum absolute atomic E-state index is 0. The molecule has 0 aliphatic carbocycles. The molecule has 0 saturated carbocycles. The van der Waals surface area contributed by atoms with Crippen LogP contribution in [-0.2, 0) is 4.79 Å². The molecule has 0 aromatic rings. The van der Waals surface area contributed by atoms with E-state index in [1.165, 1.54) is 0 Å². The molecule has 0 rings (SSSR count). The molecule has 0 aromatic heterocycles.